The van der Waals surface area contributed by atoms with Crippen LogP contribution in [-0.2, 0) is 12.8 Å². The minimum absolute atomic E-state index is 0.336. The number of thiophene rings is 1. The summed E-state index contributed by atoms with van der Waals surface area (Å²) >= 11 is 1.76. The maximum Gasteiger partial charge on any atom is 0.127 e. The monoisotopic (exact) mass is 287 g/mol. The van der Waals surface area contributed by atoms with E-state index in [1.165, 1.54) is 16.7 Å². The maximum atomic E-state index is 5.96. The fraction of sp³-hybridized carbons (Fsp3) is 0.412. The van der Waals surface area contributed by atoms with Crippen molar-refractivity contribution in [1.29, 1.82) is 0 Å². The highest BCUT2D eigenvalue weighted by molar-refractivity contribution is 7.07. The summed E-state index contributed by atoms with van der Waals surface area (Å²) in [5.41, 5.74) is 4.08. The van der Waals surface area contributed by atoms with Crippen LogP contribution in [0.4, 0.5) is 0 Å². The zero-order chi connectivity index (χ0) is 13.8. The molecule has 0 fully saturated rings. The predicted molar refractivity (Wildman–Crippen MR) is 84.7 cm³/mol. The second-order valence-corrected chi connectivity index (χ2v) is 6.01. The van der Waals surface area contributed by atoms with Crippen molar-refractivity contribution in [2.24, 2.45) is 0 Å². The molecule has 3 heteroatoms. The molecule has 0 radical (unpaired) electrons. The van der Waals surface area contributed by atoms with E-state index in [-0.39, 0.29) is 0 Å². The minimum atomic E-state index is 0.336. The standard InChI is InChI=1S/C17H21NOS/c1-2-18-16(11-13-8-10-20-12-13)15-7-3-5-14-6-4-9-19-17(14)15/h3,5,7-8,10,12,16,18H,2,4,6,9,11H2,1H3. The van der Waals surface area contributed by atoms with Gasteiger partial charge < -0.3 is 10.1 Å². The SMILES string of the molecule is CCNC(Cc1ccsc1)c1cccc2c1OCCC2. The van der Waals surface area contributed by atoms with Crippen molar-refractivity contribution < 1.29 is 4.74 Å². The van der Waals surface area contributed by atoms with Gasteiger partial charge in [0.25, 0.3) is 0 Å². The molecule has 2 heterocycles. The van der Waals surface area contributed by atoms with Crippen LogP contribution in [0.3, 0.4) is 0 Å². The quantitative estimate of drug-likeness (QED) is 0.898. The van der Waals surface area contributed by atoms with Crippen LogP contribution < -0.4 is 10.1 Å². The van der Waals surface area contributed by atoms with Crippen LogP contribution >= 0.6 is 11.3 Å². The van der Waals surface area contributed by atoms with Gasteiger partial charge >= 0.3 is 0 Å². The van der Waals surface area contributed by atoms with Gasteiger partial charge in [-0.3, -0.25) is 0 Å². The first-order valence-corrected chi connectivity index (χ1v) is 8.32. The second-order valence-electron chi connectivity index (χ2n) is 5.23. The highest BCUT2D eigenvalue weighted by atomic mass is 32.1. The summed E-state index contributed by atoms with van der Waals surface area (Å²) in [5, 5.41) is 8.00. The molecule has 1 unspecified atom stereocenters. The molecule has 0 saturated heterocycles. The molecule has 1 aliphatic heterocycles. The van der Waals surface area contributed by atoms with E-state index < -0.39 is 0 Å². The Morgan fingerprint density at radius 3 is 3.10 bits per heavy atom. The Labute approximate surface area is 124 Å². The Morgan fingerprint density at radius 1 is 1.35 bits per heavy atom. The molecular formula is C17H21NOS. The summed E-state index contributed by atoms with van der Waals surface area (Å²) in [6, 6.07) is 9.13. The molecule has 1 N–H and O–H groups in total. The second kappa shape index (κ2) is 6.42. The van der Waals surface area contributed by atoms with E-state index in [1.807, 2.05) is 0 Å². The summed E-state index contributed by atoms with van der Waals surface area (Å²) in [6.07, 6.45) is 3.30. The van der Waals surface area contributed by atoms with Gasteiger partial charge in [-0.2, -0.15) is 11.3 Å². The van der Waals surface area contributed by atoms with Gasteiger partial charge in [0.05, 0.1) is 6.61 Å². The first-order chi connectivity index (χ1) is 9.88. The van der Waals surface area contributed by atoms with E-state index in [4.69, 9.17) is 4.74 Å². The summed E-state index contributed by atoms with van der Waals surface area (Å²) < 4.78 is 5.96. The Hall–Kier alpha value is -1.32. The predicted octanol–water partition coefficient (Wildman–Crippen LogP) is 3.97. The third-order valence-electron chi connectivity index (χ3n) is 3.81. The molecule has 1 aromatic carbocycles. The van der Waals surface area contributed by atoms with Crippen LogP contribution in [0.25, 0.3) is 0 Å². The normalized spacial score (nSPS) is 15.4. The molecule has 0 bridgehead atoms. The molecule has 0 aliphatic carbocycles. The lowest BCUT2D eigenvalue weighted by molar-refractivity contribution is 0.281. The van der Waals surface area contributed by atoms with E-state index in [0.29, 0.717) is 6.04 Å². The van der Waals surface area contributed by atoms with Gasteiger partial charge in [0.1, 0.15) is 5.75 Å². The Kier molecular flexibility index (Phi) is 4.38. The van der Waals surface area contributed by atoms with E-state index in [0.717, 1.165) is 38.2 Å². The molecule has 2 aromatic rings. The first-order valence-electron chi connectivity index (χ1n) is 7.37. The van der Waals surface area contributed by atoms with Crippen LogP contribution in [0.2, 0.25) is 0 Å². The molecule has 1 atom stereocenters. The number of hydrogen-bond acceptors (Lipinski definition) is 3. The van der Waals surface area contributed by atoms with Crippen LogP contribution in [0, 0.1) is 0 Å². The zero-order valence-corrected chi connectivity index (χ0v) is 12.7. The number of hydrogen-bond donors (Lipinski definition) is 1. The number of likely N-dealkylation sites (N-methyl/N-ethyl adjacent to an activating group) is 1. The number of ether oxygens (including phenoxy) is 1. The average Bonchev–Trinajstić information content (AvgIpc) is 2.99. The van der Waals surface area contributed by atoms with Crippen LogP contribution in [0.1, 0.15) is 36.1 Å². The van der Waals surface area contributed by atoms with Crippen molar-refractivity contribution in [2.75, 3.05) is 13.2 Å². The van der Waals surface area contributed by atoms with E-state index >= 15 is 0 Å². The maximum absolute atomic E-state index is 5.96. The topological polar surface area (TPSA) is 21.3 Å². The summed E-state index contributed by atoms with van der Waals surface area (Å²) in [7, 11) is 0. The molecular weight excluding hydrogens is 266 g/mol. The van der Waals surface area contributed by atoms with Gasteiger partial charge in [0, 0.05) is 11.6 Å². The third-order valence-corrected chi connectivity index (χ3v) is 4.54. The molecule has 1 aromatic heterocycles. The molecule has 20 heavy (non-hydrogen) atoms. The molecule has 0 saturated carbocycles. The van der Waals surface area contributed by atoms with Crippen molar-refractivity contribution in [3.8, 4) is 5.75 Å². The van der Waals surface area contributed by atoms with Gasteiger partial charge in [0.2, 0.25) is 0 Å². The zero-order valence-electron chi connectivity index (χ0n) is 11.9. The third kappa shape index (κ3) is 2.89. The van der Waals surface area contributed by atoms with Gasteiger partial charge in [0.15, 0.2) is 0 Å². The van der Waals surface area contributed by atoms with Gasteiger partial charge in [-0.15, -0.1) is 0 Å². The number of para-hydroxylation sites is 1. The lowest BCUT2D eigenvalue weighted by Gasteiger charge is -2.25. The fourth-order valence-corrected chi connectivity index (χ4v) is 3.55. The minimum Gasteiger partial charge on any atom is -0.493 e. The van der Waals surface area contributed by atoms with Crippen LogP contribution in [0.5, 0.6) is 5.75 Å². The molecule has 3 rings (SSSR count). The van der Waals surface area contributed by atoms with Crippen molar-refractivity contribution in [1.82, 2.24) is 5.32 Å². The van der Waals surface area contributed by atoms with E-state index in [1.54, 1.807) is 11.3 Å². The number of aryl methyl sites for hydroxylation is 1. The van der Waals surface area contributed by atoms with E-state index in [9.17, 15) is 0 Å². The fourth-order valence-electron chi connectivity index (χ4n) is 2.87. The number of nitrogens with one attached hydrogen (secondary N) is 1. The number of fused-ring (bicyclic) bond motifs is 1. The summed E-state index contributed by atoms with van der Waals surface area (Å²) in [4.78, 5) is 0. The van der Waals surface area contributed by atoms with Crippen molar-refractivity contribution in [3.63, 3.8) is 0 Å². The summed E-state index contributed by atoms with van der Waals surface area (Å²) in [6.45, 7) is 3.98. The van der Waals surface area contributed by atoms with Crippen LogP contribution in [0.15, 0.2) is 35.0 Å². The Bertz CT molecular complexity index is 550. The van der Waals surface area contributed by atoms with Crippen LogP contribution in [-0.4, -0.2) is 13.2 Å². The lowest BCUT2D eigenvalue weighted by Crippen LogP contribution is -2.24. The first kappa shape index (κ1) is 13.7. The van der Waals surface area contributed by atoms with Gasteiger partial charge in [-0.05, 0) is 53.8 Å². The molecule has 0 spiro atoms. The smallest absolute Gasteiger partial charge is 0.127 e. The molecule has 106 valence electrons. The molecule has 0 amide bonds. The van der Waals surface area contributed by atoms with Gasteiger partial charge in [-0.1, -0.05) is 25.1 Å². The highest BCUT2D eigenvalue weighted by Gasteiger charge is 2.20. The van der Waals surface area contributed by atoms with E-state index in [2.05, 4.69) is 47.3 Å². The Morgan fingerprint density at radius 2 is 2.30 bits per heavy atom. The van der Waals surface area contributed by atoms with Gasteiger partial charge in [-0.25, -0.2) is 0 Å². The van der Waals surface area contributed by atoms with Crippen molar-refractivity contribution in [3.05, 3.63) is 51.7 Å². The lowest BCUT2D eigenvalue weighted by atomic mass is 9.94. The molecule has 2 nitrogen and oxygen atoms in total. The number of rotatable bonds is 5. The Balaban J connectivity index is 1.90. The largest absolute Gasteiger partial charge is 0.493 e. The van der Waals surface area contributed by atoms with Crippen molar-refractivity contribution in [2.45, 2.75) is 32.2 Å². The number of benzene rings is 1. The summed E-state index contributed by atoms with van der Waals surface area (Å²) in [5.74, 6) is 1.12. The average molecular weight is 287 g/mol. The highest BCUT2D eigenvalue weighted by Crippen LogP contribution is 2.34. The molecule has 1 aliphatic rings. The van der Waals surface area contributed by atoms with Crippen molar-refractivity contribution >= 4 is 11.3 Å².